The maximum atomic E-state index is 11.4. The van der Waals surface area contributed by atoms with Crippen LogP contribution >= 0.6 is 12.4 Å². The number of methoxy groups -OCH3 is 1. The summed E-state index contributed by atoms with van der Waals surface area (Å²) in [7, 11) is 1.52. The van der Waals surface area contributed by atoms with Crippen molar-refractivity contribution < 1.29 is 9.53 Å². The summed E-state index contributed by atoms with van der Waals surface area (Å²) in [5.74, 6) is -0.0852. The maximum Gasteiger partial charge on any atom is 0.248 e. The lowest BCUT2D eigenvalue weighted by Crippen LogP contribution is -2.35. The van der Waals surface area contributed by atoms with E-state index in [1.165, 1.54) is 7.11 Å². The van der Waals surface area contributed by atoms with Gasteiger partial charge >= 0.3 is 0 Å². The molecule has 0 saturated heterocycles. The topological polar surface area (TPSA) is 64.3 Å². The Balaban J connectivity index is 0.00000256. The molecule has 96 valence electrons. The summed E-state index contributed by atoms with van der Waals surface area (Å²) in [6, 6.07) is 7.63. The number of hydrogen-bond acceptors (Lipinski definition) is 3. The number of benzene rings is 1. The maximum absolute atomic E-state index is 11.4. The number of carbonyl (C=O) groups excluding carboxylic acids is 1. The second kappa shape index (κ2) is 7.92. The van der Waals surface area contributed by atoms with Crippen LogP contribution < -0.4 is 11.1 Å². The largest absolute Gasteiger partial charge is 0.399 e. The molecule has 1 rings (SSSR count). The molecule has 1 atom stereocenters. The first-order chi connectivity index (χ1) is 7.63. The second-order valence-electron chi connectivity index (χ2n) is 3.66. The number of carbonyl (C=O) groups is 1. The lowest BCUT2D eigenvalue weighted by Gasteiger charge is -2.10. The minimum atomic E-state index is -0.397. The van der Waals surface area contributed by atoms with Crippen molar-refractivity contribution in [3.05, 3.63) is 29.8 Å². The smallest absolute Gasteiger partial charge is 0.248 e. The minimum absolute atomic E-state index is 0. The van der Waals surface area contributed by atoms with E-state index in [4.69, 9.17) is 10.5 Å². The van der Waals surface area contributed by atoms with Gasteiger partial charge in [-0.2, -0.15) is 0 Å². The van der Waals surface area contributed by atoms with E-state index in [2.05, 4.69) is 5.32 Å². The average Bonchev–Trinajstić information content (AvgIpc) is 2.30. The molecule has 0 spiro atoms. The summed E-state index contributed by atoms with van der Waals surface area (Å²) in [5, 5.41) is 2.80. The van der Waals surface area contributed by atoms with Gasteiger partial charge in [0.25, 0.3) is 0 Å². The summed E-state index contributed by atoms with van der Waals surface area (Å²) >= 11 is 0. The Morgan fingerprint density at radius 3 is 2.53 bits per heavy atom. The lowest BCUT2D eigenvalue weighted by molar-refractivity contribution is -0.129. The van der Waals surface area contributed by atoms with Gasteiger partial charge in [0.1, 0.15) is 6.10 Å². The molecule has 17 heavy (non-hydrogen) atoms. The molecular formula is C12H19ClN2O2. The van der Waals surface area contributed by atoms with Crippen LogP contribution in [0.3, 0.4) is 0 Å². The van der Waals surface area contributed by atoms with E-state index in [1.807, 2.05) is 24.3 Å². The Bertz CT molecular complexity index is 341. The first kappa shape index (κ1) is 15.7. The van der Waals surface area contributed by atoms with Crippen LogP contribution in [-0.4, -0.2) is 25.7 Å². The van der Waals surface area contributed by atoms with Crippen molar-refractivity contribution in [2.24, 2.45) is 0 Å². The molecule has 1 aromatic carbocycles. The summed E-state index contributed by atoms with van der Waals surface area (Å²) in [4.78, 5) is 11.4. The Kier molecular flexibility index (Phi) is 7.34. The van der Waals surface area contributed by atoms with Gasteiger partial charge in [0.05, 0.1) is 0 Å². The minimum Gasteiger partial charge on any atom is -0.399 e. The van der Waals surface area contributed by atoms with Crippen LogP contribution in [0.25, 0.3) is 0 Å². The third-order valence-electron chi connectivity index (χ3n) is 2.42. The molecular weight excluding hydrogens is 240 g/mol. The quantitative estimate of drug-likeness (QED) is 0.785. The molecule has 4 nitrogen and oxygen atoms in total. The molecule has 3 N–H and O–H groups in total. The van der Waals surface area contributed by atoms with E-state index in [0.29, 0.717) is 6.54 Å². The average molecular weight is 259 g/mol. The fourth-order valence-electron chi connectivity index (χ4n) is 1.27. The summed E-state index contributed by atoms with van der Waals surface area (Å²) in [6.45, 7) is 2.33. The summed E-state index contributed by atoms with van der Waals surface area (Å²) in [5.41, 5.74) is 7.48. The lowest BCUT2D eigenvalue weighted by atomic mass is 10.1. The number of nitrogens with two attached hydrogens (primary N) is 1. The highest BCUT2D eigenvalue weighted by molar-refractivity contribution is 5.85. The Morgan fingerprint density at radius 1 is 1.41 bits per heavy atom. The van der Waals surface area contributed by atoms with Crippen LogP contribution in [0.1, 0.15) is 12.5 Å². The molecule has 0 heterocycles. The third-order valence-corrected chi connectivity index (χ3v) is 2.42. The zero-order chi connectivity index (χ0) is 12.0. The SMILES string of the molecule is COC(C)C(=O)NCCc1ccc(N)cc1.Cl. The number of nitrogens with one attached hydrogen (secondary N) is 1. The van der Waals surface area contributed by atoms with E-state index in [1.54, 1.807) is 6.92 Å². The normalized spacial score (nSPS) is 11.4. The van der Waals surface area contributed by atoms with Gasteiger partial charge in [-0.05, 0) is 31.0 Å². The van der Waals surface area contributed by atoms with E-state index in [-0.39, 0.29) is 18.3 Å². The van der Waals surface area contributed by atoms with Crippen LogP contribution in [0.2, 0.25) is 0 Å². The predicted molar refractivity (Wildman–Crippen MR) is 71.3 cm³/mol. The Labute approximate surface area is 108 Å². The van der Waals surface area contributed by atoms with Gasteiger partial charge in [-0.25, -0.2) is 0 Å². The van der Waals surface area contributed by atoms with Crippen molar-refractivity contribution in [2.45, 2.75) is 19.4 Å². The summed E-state index contributed by atoms with van der Waals surface area (Å²) in [6.07, 6.45) is 0.397. The molecule has 0 fully saturated rings. The van der Waals surface area contributed by atoms with Crippen molar-refractivity contribution in [3.63, 3.8) is 0 Å². The molecule has 5 heteroatoms. The number of rotatable bonds is 5. The van der Waals surface area contributed by atoms with Crippen molar-refractivity contribution in [2.75, 3.05) is 19.4 Å². The van der Waals surface area contributed by atoms with E-state index < -0.39 is 6.10 Å². The molecule has 0 aliphatic heterocycles. The van der Waals surface area contributed by atoms with Crippen LogP contribution in [0.5, 0.6) is 0 Å². The zero-order valence-electron chi connectivity index (χ0n) is 10.1. The zero-order valence-corrected chi connectivity index (χ0v) is 10.9. The third kappa shape index (κ3) is 5.56. The number of nitrogen functional groups attached to an aromatic ring is 1. The van der Waals surface area contributed by atoms with Crippen molar-refractivity contribution >= 4 is 24.0 Å². The van der Waals surface area contributed by atoms with E-state index in [9.17, 15) is 4.79 Å². The number of anilines is 1. The van der Waals surface area contributed by atoms with Crippen LogP contribution in [-0.2, 0) is 16.0 Å². The van der Waals surface area contributed by atoms with E-state index >= 15 is 0 Å². The molecule has 0 bridgehead atoms. The van der Waals surface area contributed by atoms with Crippen molar-refractivity contribution in [3.8, 4) is 0 Å². The number of amides is 1. The highest BCUT2D eigenvalue weighted by Crippen LogP contribution is 2.05. The molecule has 0 saturated carbocycles. The fourth-order valence-corrected chi connectivity index (χ4v) is 1.27. The fraction of sp³-hybridized carbons (Fsp3) is 0.417. The highest BCUT2D eigenvalue weighted by Gasteiger charge is 2.09. The van der Waals surface area contributed by atoms with Gasteiger partial charge in [-0.15, -0.1) is 12.4 Å². The Morgan fingerprint density at radius 2 is 2.00 bits per heavy atom. The van der Waals surface area contributed by atoms with Crippen molar-refractivity contribution in [1.82, 2.24) is 5.32 Å². The van der Waals surface area contributed by atoms with Gasteiger partial charge in [0.2, 0.25) is 5.91 Å². The van der Waals surface area contributed by atoms with Crippen LogP contribution in [0, 0.1) is 0 Å². The summed E-state index contributed by atoms with van der Waals surface area (Å²) < 4.78 is 4.90. The van der Waals surface area contributed by atoms with Gasteiger partial charge in [-0.3, -0.25) is 4.79 Å². The van der Waals surface area contributed by atoms with Gasteiger partial charge in [0, 0.05) is 19.3 Å². The second-order valence-corrected chi connectivity index (χ2v) is 3.66. The first-order valence-corrected chi connectivity index (χ1v) is 5.28. The molecule has 1 amide bonds. The van der Waals surface area contributed by atoms with Crippen LogP contribution in [0.4, 0.5) is 5.69 Å². The number of hydrogen-bond donors (Lipinski definition) is 2. The molecule has 1 aromatic rings. The van der Waals surface area contributed by atoms with Gasteiger partial charge in [-0.1, -0.05) is 12.1 Å². The first-order valence-electron chi connectivity index (χ1n) is 5.28. The van der Waals surface area contributed by atoms with Gasteiger partial charge in [0.15, 0.2) is 0 Å². The van der Waals surface area contributed by atoms with E-state index in [0.717, 1.165) is 17.7 Å². The predicted octanol–water partition coefficient (Wildman–Crippen LogP) is 1.38. The monoisotopic (exact) mass is 258 g/mol. The molecule has 0 aliphatic carbocycles. The molecule has 0 radical (unpaired) electrons. The standard InChI is InChI=1S/C12H18N2O2.ClH/c1-9(16-2)12(15)14-8-7-10-3-5-11(13)6-4-10;/h3-6,9H,7-8,13H2,1-2H3,(H,14,15);1H. The number of ether oxygens (including phenoxy) is 1. The Hall–Kier alpha value is -1.26. The molecule has 0 aromatic heterocycles. The molecule has 1 unspecified atom stereocenters. The van der Waals surface area contributed by atoms with Gasteiger partial charge < -0.3 is 15.8 Å². The highest BCUT2D eigenvalue weighted by atomic mass is 35.5. The van der Waals surface area contributed by atoms with Crippen LogP contribution in [0.15, 0.2) is 24.3 Å². The molecule has 0 aliphatic rings. The van der Waals surface area contributed by atoms with Crippen molar-refractivity contribution in [1.29, 1.82) is 0 Å². The number of halogens is 1.